The number of hydrogen-bond acceptors (Lipinski definition) is 4. The Morgan fingerprint density at radius 3 is 2.18 bits per heavy atom. The number of carboxylic acid groups (broad SMARTS) is 1. The molecule has 7 rings (SSSR count). The fraction of sp³-hybridized carbons (Fsp3) is 0.727. The zero-order chi connectivity index (χ0) is 35.9. The van der Waals surface area contributed by atoms with E-state index < -0.39 is 5.97 Å². The van der Waals surface area contributed by atoms with Crippen LogP contribution in [0.5, 0.6) is 0 Å². The van der Waals surface area contributed by atoms with E-state index in [2.05, 4.69) is 76.2 Å². The number of carbonyl (C=O) groups is 2. The average molecular weight is 684 g/mol. The number of nitrogens with zero attached hydrogens (tertiary/aromatic N) is 2. The van der Waals surface area contributed by atoms with Gasteiger partial charge in [0.2, 0.25) is 5.91 Å². The Balaban J connectivity index is 1.15. The van der Waals surface area contributed by atoms with Gasteiger partial charge in [-0.1, -0.05) is 71.9 Å². The first kappa shape index (κ1) is 35.9. The van der Waals surface area contributed by atoms with Gasteiger partial charge in [-0.25, -0.2) is 4.79 Å². The molecule has 274 valence electrons. The predicted molar refractivity (Wildman–Crippen MR) is 203 cm³/mol. The summed E-state index contributed by atoms with van der Waals surface area (Å²) in [5.74, 6) is 2.12. The SMILES string of the molecule is C=C(C)C1CCC2(NC(=O)CN3CCN(CC)CC3)CCC3(C)C(CCC4C5(C)CC=C(c6ccc(C(=O)O)cc6)C(C)(C)C5CCC43C)C12. The molecule has 6 nitrogen and oxygen atoms in total. The van der Waals surface area contributed by atoms with Gasteiger partial charge >= 0.3 is 5.97 Å². The van der Waals surface area contributed by atoms with Crippen LogP contribution >= 0.6 is 0 Å². The largest absolute Gasteiger partial charge is 0.478 e. The number of rotatable bonds is 7. The maximum absolute atomic E-state index is 13.9. The second-order valence-corrected chi connectivity index (χ2v) is 19.0. The number of amides is 1. The van der Waals surface area contributed by atoms with E-state index in [-0.39, 0.29) is 33.1 Å². The monoisotopic (exact) mass is 684 g/mol. The highest BCUT2D eigenvalue weighted by Crippen LogP contribution is 2.76. The second-order valence-electron chi connectivity index (χ2n) is 19.0. The van der Waals surface area contributed by atoms with Gasteiger partial charge in [-0.3, -0.25) is 9.69 Å². The van der Waals surface area contributed by atoms with Crippen molar-refractivity contribution < 1.29 is 14.7 Å². The van der Waals surface area contributed by atoms with Crippen LogP contribution in [0.3, 0.4) is 0 Å². The average Bonchev–Trinajstić information content (AvgIpc) is 3.44. The second kappa shape index (κ2) is 12.6. The lowest BCUT2D eigenvalue weighted by atomic mass is 9.33. The molecule has 1 saturated heterocycles. The Morgan fingerprint density at radius 2 is 1.54 bits per heavy atom. The number of hydrogen-bond donors (Lipinski definition) is 2. The Morgan fingerprint density at radius 1 is 0.860 bits per heavy atom. The summed E-state index contributed by atoms with van der Waals surface area (Å²) in [5.41, 5.74) is 4.79. The van der Waals surface area contributed by atoms with Crippen molar-refractivity contribution in [2.75, 3.05) is 39.3 Å². The molecule has 9 unspecified atom stereocenters. The maximum atomic E-state index is 13.9. The molecule has 50 heavy (non-hydrogen) atoms. The molecular weight excluding hydrogens is 619 g/mol. The third-order valence-corrected chi connectivity index (χ3v) is 16.8. The van der Waals surface area contributed by atoms with Crippen LogP contribution in [0, 0.1) is 51.2 Å². The van der Waals surface area contributed by atoms with E-state index in [9.17, 15) is 14.7 Å². The highest BCUT2D eigenvalue weighted by atomic mass is 16.4. The molecule has 5 aliphatic carbocycles. The van der Waals surface area contributed by atoms with Gasteiger partial charge in [0.25, 0.3) is 0 Å². The summed E-state index contributed by atoms with van der Waals surface area (Å²) in [4.78, 5) is 30.3. The highest BCUT2D eigenvalue weighted by Gasteiger charge is 2.70. The third kappa shape index (κ3) is 5.39. The molecule has 0 aromatic heterocycles. The molecule has 1 aromatic rings. The number of aromatic carboxylic acids is 1. The van der Waals surface area contributed by atoms with Gasteiger partial charge in [0.05, 0.1) is 12.1 Å². The van der Waals surface area contributed by atoms with E-state index in [1.54, 1.807) is 12.1 Å². The molecule has 0 bridgehead atoms. The van der Waals surface area contributed by atoms with Crippen LogP contribution in [-0.2, 0) is 4.79 Å². The lowest BCUT2D eigenvalue weighted by Gasteiger charge is -2.72. The fourth-order valence-corrected chi connectivity index (χ4v) is 14.0. The summed E-state index contributed by atoms with van der Waals surface area (Å²) in [6, 6.07) is 7.58. The molecule has 6 heteroatoms. The van der Waals surface area contributed by atoms with Crippen molar-refractivity contribution in [3.63, 3.8) is 0 Å². The normalized spacial score (nSPS) is 41.2. The van der Waals surface area contributed by atoms with Crippen molar-refractivity contribution in [2.24, 2.45) is 51.2 Å². The minimum absolute atomic E-state index is 0.00249. The highest BCUT2D eigenvalue weighted by molar-refractivity contribution is 5.88. The number of nitrogens with one attached hydrogen (secondary N) is 1. The molecular formula is C44H65N3O3. The number of piperazine rings is 1. The molecule has 0 radical (unpaired) electrons. The molecule has 5 fully saturated rings. The summed E-state index contributed by atoms with van der Waals surface area (Å²) in [5, 5.41) is 13.3. The molecule has 2 N–H and O–H groups in total. The molecule has 9 atom stereocenters. The number of carbonyl (C=O) groups excluding carboxylic acids is 1. The smallest absolute Gasteiger partial charge is 0.335 e. The summed E-state index contributed by atoms with van der Waals surface area (Å²) >= 11 is 0. The van der Waals surface area contributed by atoms with E-state index in [4.69, 9.17) is 0 Å². The van der Waals surface area contributed by atoms with Crippen LogP contribution in [-0.4, -0.2) is 71.6 Å². The standard InChI is InChI=1S/C44H65N3O3/c1-9-46-24-26-47(27-25-46)28-37(48)45-44-21-16-32(29(2)3)38(44)34-14-15-36-41(6)19-17-33(30-10-12-31(13-11-30)39(49)50)40(4,5)35(41)18-20-43(36,8)42(34,7)22-23-44/h10-13,17,32,34-36,38H,2,9,14-16,18-28H2,1,3-8H3,(H,45,48)(H,49,50). The summed E-state index contributed by atoms with van der Waals surface area (Å²) in [6.45, 7) is 27.7. The number of carboxylic acids is 1. The Bertz CT molecular complexity index is 1540. The van der Waals surface area contributed by atoms with E-state index in [1.807, 2.05) is 12.1 Å². The molecule has 1 aliphatic heterocycles. The Hall–Kier alpha value is -2.44. The van der Waals surface area contributed by atoms with Gasteiger partial charge in [-0.05, 0) is 146 Å². The Kier molecular flexibility index (Phi) is 9.06. The van der Waals surface area contributed by atoms with Gasteiger partial charge in [0.15, 0.2) is 0 Å². The van der Waals surface area contributed by atoms with Crippen molar-refractivity contribution in [1.29, 1.82) is 0 Å². The van der Waals surface area contributed by atoms with Crippen LogP contribution in [0.15, 0.2) is 42.5 Å². The summed E-state index contributed by atoms with van der Waals surface area (Å²) < 4.78 is 0. The fourth-order valence-electron chi connectivity index (χ4n) is 14.0. The zero-order valence-electron chi connectivity index (χ0n) is 32.2. The first-order valence-corrected chi connectivity index (χ1v) is 20.0. The maximum Gasteiger partial charge on any atom is 0.335 e. The van der Waals surface area contributed by atoms with Crippen molar-refractivity contribution in [1.82, 2.24) is 15.1 Å². The van der Waals surface area contributed by atoms with Gasteiger partial charge in [-0.15, -0.1) is 0 Å². The topological polar surface area (TPSA) is 72.9 Å². The number of fused-ring (bicyclic) bond motifs is 7. The molecule has 0 spiro atoms. The minimum Gasteiger partial charge on any atom is -0.478 e. The third-order valence-electron chi connectivity index (χ3n) is 16.8. The number of benzene rings is 1. The van der Waals surface area contributed by atoms with E-state index in [0.29, 0.717) is 41.7 Å². The molecule has 1 amide bonds. The quantitative estimate of drug-likeness (QED) is 0.282. The minimum atomic E-state index is -0.868. The number of likely N-dealkylation sites (N-methyl/N-ethyl adjacent to an activating group) is 1. The zero-order valence-corrected chi connectivity index (χ0v) is 32.2. The summed E-state index contributed by atoms with van der Waals surface area (Å²) in [7, 11) is 0. The van der Waals surface area contributed by atoms with Crippen LogP contribution in [0.2, 0.25) is 0 Å². The van der Waals surface area contributed by atoms with Gasteiger partial charge in [0.1, 0.15) is 0 Å². The van der Waals surface area contributed by atoms with E-state index >= 15 is 0 Å². The van der Waals surface area contributed by atoms with Gasteiger partial charge in [-0.2, -0.15) is 0 Å². The lowest BCUT2D eigenvalue weighted by Crippen LogP contribution is -2.68. The number of allylic oxidation sites excluding steroid dienone is 3. The molecule has 1 heterocycles. The Labute approximate surface area is 302 Å². The molecule has 4 saturated carbocycles. The first-order valence-electron chi connectivity index (χ1n) is 20.0. The lowest BCUT2D eigenvalue weighted by molar-refractivity contribution is -0.219. The first-order chi connectivity index (χ1) is 23.6. The summed E-state index contributed by atoms with van der Waals surface area (Å²) in [6.07, 6.45) is 13.1. The van der Waals surface area contributed by atoms with Crippen molar-refractivity contribution in [3.8, 4) is 0 Å². The van der Waals surface area contributed by atoms with Crippen molar-refractivity contribution in [2.45, 2.75) is 112 Å². The van der Waals surface area contributed by atoms with Crippen LogP contribution in [0.4, 0.5) is 0 Å². The van der Waals surface area contributed by atoms with Crippen LogP contribution < -0.4 is 5.32 Å². The van der Waals surface area contributed by atoms with E-state index in [0.717, 1.165) is 58.4 Å². The molecule has 1 aromatic carbocycles. The van der Waals surface area contributed by atoms with Crippen molar-refractivity contribution in [3.05, 3.63) is 53.6 Å². The van der Waals surface area contributed by atoms with E-state index in [1.165, 1.54) is 48.8 Å². The van der Waals surface area contributed by atoms with Gasteiger partial charge < -0.3 is 15.3 Å². The van der Waals surface area contributed by atoms with Gasteiger partial charge in [0, 0.05) is 31.7 Å². The predicted octanol–water partition coefficient (Wildman–Crippen LogP) is 8.54. The van der Waals surface area contributed by atoms with Crippen LogP contribution in [0.25, 0.3) is 5.57 Å². The van der Waals surface area contributed by atoms with Crippen molar-refractivity contribution >= 4 is 17.4 Å². The van der Waals surface area contributed by atoms with Crippen LogP contribution in [0.1, 0.15) is 122 Å². The molecule has 6 aliphatic rings.